The first-order valence-corrected chi connectivity index (χ1v) is 13.1. The van der Waals surface area contributed by atoms with E-state index in [1.165, 1.54) is 31.2 Å². The van der Waals surface area contributed by atoms with Gasteiger partial charge in [-0.05, 0) is 44.0 Å². The number of aromatic hydroxyl groups is 1. The molecule has 0 aliphatic rings. The minimum atomic E-state index is -3.86. The Balaban J connectivity index is 2.13. The third kappa shape index (κ3) is 8.89. The molecule has 2 rings (SSSR count). The van der Waals surface area contributed by atoms with Gasteiger partial charge in [0.05, 0.1) is 36.5 Å². The van der Waals surface area contributed by atoms with Gasteiger partial charge in [-0.2, -0.15) is 9.84 Å². The van der Waals surface area contributed by atoms with Crippen LogP contribution in [0, 0.1) is 6.92 Å². The number of sulfonamides is 1. The maximum Gasteiger partial charge on any atom is 0.333 e. The first kappa shape index (κ1) is 29.8. The van der Waals surface area contributed by atoms with Crippen LogP contribution in [0.1, 0.15) is 32.3 Å². The number of nitrogens with zero attached hydrogens (tertiary/aromatic N) is 3. The van der Waals surface area contributed by atoms with Crippen molar-refractivity contribution in [1.29, 1.82) is 0 Å². The molecule has 0 spiro atoms. The Morgan fingerprint density at radius 1 is 1.24 bits per heavy atom. The van der Waals surface area contributed by atoms with Crippen LogP contribution in [-0.4, -0.2) is 50.0 Å². The van der Waals surface area contributed by atoms with Gasteiger partial charge in [0.2, 0.25) is 15.9 Å². The van der Waals surface area contributed by atoms with E-state index in [2.05, 4.69) is 21.5 Å². The molecule has 13 heteroatoms. The molecule has 0 bridgehead atoms. The summed E-state index contributed by atoms with van der Waals surface area (Å²) in [6, 6.07) is 7.07. The number of nitrogens with two attached hydrogens (primary N) is 1. The van der Waals surface area contributed by atoms with Gasteiger partial charge in [0.1, 0.15) is 12.3 Å². The fraction of sp³-hybridized carbons (Fsp3) is 0.417. The van der Waals surface area contributed by atoms with Gasteiger partial charge in [0.25, 0.3) is 5.56 Å². The monoisotopic (exact) mass is 535 g/mol. The first-order valence-electron chi connectivity index (χ1n) is 11.6. The van der Waals surface area contributed by atoms with Crippen molar-refractivity contribution in [3.05, 3.63) is 58.4 Å². The van der Waals surface area contributed by atoms with Crippen LogP contribution in [0.5, 0.6) is 5.88 Å². The fourth-order valence-corrected chi connectivity index (χ4v) is 4.30. The molecule has 1 atom stereocenters. The summed E-state index contributed by atoms with van der Waals surface area (Å²) in [4.78, 5) is 23.7. The molecule has 1 aromatic heterocycles. The molecule has 2 aromatic rings. The summed E-state index contributed by atoms with van der Waals surface area (Å²) in [5.74, 6) is -0.937. The zero-order chi connectivity index (χ0) is 27.6. The average molecular weight is 536 g/mol. The molecule has 0 fully saturated rings. The molecule has 0 aliphatic heterocycles. The summed E-state index contributed by atoms with van der Waals surface area (Å²) < 4.78 is 38.9. The van der Waals surface area contributed by atoms with Crippen molar-refractivity contribution in [2.24, 2.45) is 16.0 Å². The number of benzene rings is 1. The second-order valence-electron chi connectivity index (χ2n) is 8.23. The Morgan fingerprint density at radius 3 is 2.65 bits per heavy atom. The second kappa shape index (κ2) is 13.8. The number of azo groups is 1. The third-order valence-electron chi connectivity index (χ3n) is 5.02. The second-order valence-corrected chi connectivity index (χ2v) is 9.95. The topological polar surface area (TPSA) is 175 Å². The minimum Gasteiger partial charge on any atom is -0.493 e. The van der Waals surface area contributed by atoms with Gasteiger partial charge < -0.3 is 20.3 Å². The first-order chi connectivity index (χ1) is 17.5. The van der Waals surface area contributed by atoms with Gasteiger partial charge >= 0.3 is 5.97 Å². The Hall–Kier alpha value is -3.39. The number of carbonyl (C=O) groups excluding carboxylic acids is 1. The van der Waals surface area contributed by atoms with Gasteiger partial charge in [0, 0.05) is 11.6 Å². The quantitative estimate of drug-likeness (QED) is 0.109. The van der Waals surface area contributed by atoms with Crippen molar-refractivity contribution in [3.63, 3.8) is 0 Å². The largest absolute Gasteiger partial charge is 0.493 e. The van der Waals surface area contributed by atoms with E-state index in [1.807, 2.05) is 6.92 Å². The zero-order valence-corrected chi connectivity index (χ0v) is 22.0. The number of hydrogen-bond donors (Lipinski definition) is 3. The summed E-state index contributed by atoms with van der Waals surface area (Å²) in [6.45, 7) is 8.69. The Kier molecular flexibility index (Phi) is 11.1. The predicted octanol–water partition coefficient (Wildman–Crippen LogP) is 2.78. The van der Waals surface area contributed by atoms with E-state index in [4.69, 9.17) is 15.2 Å². The van der Waals surface area contributed by atoms with Crippen molar-refractivity contribution in [2.45, 2.75) is 51.2 Å². The number of ether oxygens (including phenoxy) is 2. The number of aromatic nitrogens is 1. The lowest BCUT2D eigenvalue weighted by molar-refractivity contribution is -0.140. The molecule has 37 heavy (non-hydrogen) atoms. The van der Waals surface area contributed by atoms with Gasteiger partial charge in [-0.25, -0.2) is 13.2 Å². The summed E-state index contributed by atoms with van der Waals surface area (Å²) in [5, 5.41) is 18.8. The van der Waals surface area contributed by atoms with Crippen LogP contribution < -0.4 is 16.0 Å². The fourth-order valence-electron chi connectivity index (χ4n) is 3.11. The number of hydrogen-bond acceptors (Lipinski definition) is 10. The van der Waals surface area contributed by atoms with E-state index in [-0.39, 0.29) is 48.2 Å². The van der Waals surface area contributed by atoms with E-state index >= 15 is 0 Å². The molecule has 1 aromatic carbocycles. The Bertz CT molecular complexity index is 1310. The van der Waals surface area contributed by atoms with E-state index in [0.717, 1.165) is 11.0 Å². The summed E-state index contributed by atoms with van der Waals surface area (Å²) >= 11 is 0. The molecule has 0 aliphatic carbocycles. The molecule has 1 unspecified atom stereocenters. The number of pyridine rings is 1. The smallest absolute Gasteiger partial charge is 0.333 e. The van der Waals surface area contributed by atoms with Crippen LogP contribution in [0.4, 0.5) is 11.4 Å². The lowest BCUT2D eigenvalue weighted by Gasteiger charge is -2.13. The van der Waals surface area contributed by atoms with Crippen LogP contribution in [0.2, 0.25) is 0 Å². The van der Waals surface area contributed by atoms with Gasteiger partial charge in [-0.3, -0.25) is 9.36 Å². The highest BCUT2D eigenvalue weighted by molar-refractivity contribution is 7.89. The van der Waals surface area contributed by atoms with Crippen molar-refractivity contribution < 1.29 is 27.8 Å². The SMILES string of the molecule is C=C(C)C(=O)OCCOCCn1c(O)c(N=Nc2cccc(S(=O)(=O)NC(N)CCC)c2)c(C)cc1=O. The van der Waals surface area contributed by atoms with Crippen molar-refractivity contribution >= 4 is 27.4 Å². The standard InChI is InChI=1S/C24H33N5O7S/c1-5-7-20(25)28-37(33,34)19-9-6-8-18(15-19)26-27-22-17(4)14-21(30)29(23(22)31)10-11-35-12-13-36-24(32)16(2)3/h6,8-9,14-15,20,28,31H,2,5,7,10-13,25H2,1,3-4H3. The van der Waals surface area contributed by atoms with Crippen molar-refractivity contribution in [1.82, 2.24) is 9.29 Å². The van der Waals surface area contributed by atoms with Crippen molar-refractivity contribution in [3.8, 4) is 5.88 Å². The maximum absolute atomic E-state index is 12.6. The normalized spacial score (nSPS) is 12.5. The number of rotatable bonds is 14. The summed E-state index contributed by atoms with van der Waals surface area (Å²) in [6.07, 6.45) is 0.497. The van der Waals surface area contributed by atoms with Crippen LogP contribution in [-0.2, 0) is 30.8 Å². The molecule has 202 valence electrons. The molecular formula is C24H33N5O7S. The summed E-state index contributed by atoms with van der Waals surface area (Å²) in [5.41, 5.74) is 6.26. The molecule has 0 radical (unpaired) electrons. The van der Waals surface area contributed by atoms with Crippen LogP contribution in [0.25, 0.3) is 0 Å². The Labute approximate surface area is 215 Å². The van der Waals surface area contributed by atoms with Gasteiger partial charge in [0.15, 0.2) is 0 Å². The predicted molar refractivity (Wildman–Crippen MR) is 138 cm³/mol. The van der Waals surface area contributed by atoms with Gasteiger partial charge in [-0.15, -0.1) is 5.11 Å². The number of esters is 1. The molecule has 0 saturated heterocycles. The highest BCUT2D eigenvalue weighted by Crippen LogP contribution is 2.30. The van der Waals surface area contributed by atoms with Crippen LogP contribution in [0.15, 0.2) is 62.4 Å². The third-order valence-corrected chi connectivity index (χ3v) is 6.50. The van der Waals surface area contributed by atoms with E-state index in [9.17, 15) is 23.1 Å². The van der Waals surface area contributed by atoms with E-state index < -0.39 is 33.6 Å². The number of nitrogens with one attached hydrogen (secondary N) is 1. The number of carbonyl (C=O) groups is 1. The molecular weight excluding hydrogens is 502 g/mol. The molecule has 0 saturated carbocycles. The summed E-state index contributed by atoms with van der Waals surface area (Å²) in [7, 11) is -3.86. The van der Waals surface area contributed by atoms with Crippen molar-refractivity contribution in [2.75, 3.05) is 19.8 Å². The molecule has 4 N–H and O–H groups in total. The van der Waals surface area contributed by atoms with E-state index in [1.54, 1.807) is 13.0 Å². The molecule has 12 nitrogen and oxygen atoms in total. The minimum absolute atomic E-state index is 0.0132. The molecule has 1 heterocycles. The van der Waals surface area contributed by atoms with Gasteiger partial charge in [-0.1, -0.05) is 26.0 Å². The highest BCUT2D eigenvalue weighted by Gasteiger charge is 2.18. The highest BCUT2D eigenvalue weighted by atomic mass is 32.2. The zero-order valence-electron chi connectivity index (χ0n) is 21.1. The lowest BCUT2D eigenvalue weighted by atomic mass is 10.2. The maximum atomic E-state index is 12.6. The Morgan fingerprint density at radius 2 is 1.97 bits per heavy atom. The average Bonchev–Trinajstić information content (AvgIpc) is 2.82. The van der Waals surface area contributed by atoms with Crippen LogP contribution in [0.3, 0.4) is 0 Å². The van der Waals surface area contributed by atoms with E-state index in [0.29, 0.717) is 12.0 Å². The molecule has 0 amide bonds. The van der Waals surface area contributed by atoms with Crippen LogP contribution >= 0.6 is 0 Å². The number of aryl methyl sites for hydroxylation is 1. The lowest BCUT2D eigenvalue weighted by Crippen LogP contribution is -2.41.